The van der Waals surface area contributed by atoms with E-state index in [0.29, 0.717) is 0 Å². The predicted octanol–water partition coefficient (Wildman–Crippen LogP) is 4.04. The van der Waals surface area contributed by atoms with Gasteiger partial charge in [-0.3, -0.25) is 0 Å². The Labute approximate surface area is 121 Å². The number of rotatable bonds is 5. The van der Waals surface area contributed by atoms with E-state index in [1.807, 2.05) is 6.92 Å². The summed E-state index contributed by atoms with van der Waals surface area (Å²) in [5.74, 6) is -0.215. The largest absolute Gasteiger partial charge is 0.435 e. The van der Waals surface area contributed by atoms with Crippen molar-refractivity contribution in [2.75, 3.05) is 7.05 Å². The molecule has 0 aromatic heterocycles. The minimum atomic E-state index is -2.85. The topological polar surface area (TPSA) is 21.3 Å². The van der Waals surface area contributed by atoms with Gasteiger partial charge in [-0.15, -0.1) is 0 Å². The molecule has 112 valence electrons. The molecule has 1 atom stereocenters. The number of aryl methyl sites for hydroxylation is 1. The summed E-state index contributed by atoms with van der Waals surface area (Å²) >= 11 is 0. The summed E-state index contributed by atoms with van der Waals surface area (Å²) < 4.78 is 42.0. The Morgan fingerprint density at radius 1 is 1.05 bits per heavy atom. The molecule has 0 aliphatic rings. The molecule has 2 aromatic carbocycles. The maximum absolute atomic E-state index is 13.4. The molecule has 0 amide bonds. The first-order valence-corrected chi connectivity index (χ1v) is 6.49. The number of halogens is 3. The molecule has 1 N–H and O–H groups in total. The van der Waals surface area contributed by atoms with Crippen molar-refractivity contribution in [2.45, 2.75) is 19.6 Å². The van der Waals surface area contributed by atoms with Crippen LogP contribution >= 0.6 is 0 Å². The molecule has 0 bridgehead atoms. The van der Waals surface area contributed by atoms with Gasteiger partial charge in [0.1, 0.15) is 11.6 Å². The van der Waals surface area contributed by atoms with Gasteiger partial charge < -0.3 is 10.1 Å². The highest BCUT2D eigenvalue weighted by atomic mass is 19.3. The van der Waals surface area contributed by atoms with Crippen molar-refractivity contribution in [1.82, 2.24) is 5.32 Å². The lowest BCUT2D eigenvalue weighted by Gasteiger charge is -2.20. The Hall–Kier alpha value is -2.01. The van der Waals surface area contributed by atoms with E-state index in [4.69, 9.17) is 0 Å². The standard InChI is InChI=1S/C16H16F3NO/c1-10-3-6-12(17)9-14(10)15(20-2)11-4-7-13(8-5-11)21-16(18)19/h3-9,15-16,20H,1-2H3. The van der Waals surface area contributed by atoms with Crippen LogP contribution in [0.1, 0.15) is 22.7 Å². The first-order chi connectivity index (χ1) is 10.0. The summed E-state index contributed by atoms with van der Waals surface area (Å²) in [6.07, 6.45) is 0. The van der Waals surface area contributed by atoms with Gasteiger partial charge in [0.25, 0.3) is 0 Å². The second-order valence-corrected chi connectivity index (χ2v) is 4.67. The monoisotopic (exact) mass is 295 g/mol. The third kappa shape index (κ3) is 3.76. The zero-order valence-corrected chi connectivity index (χ0v) is 11.7. The first kappa shape index (κ1) is 15.4. The van der Waals surface area contributed by atoms with Crippen molar-refractivity contribution < 1.29 is 17.9 Å². The quantitative estimate of drug-likeness (QED) is 0.898. The van der Waals surface area contributed by atoms with E-state index >= 15 is 0 Å². The Morgan fingerprint density at radius 3 is 2.29 bits per heavy atom. The molecule has 2 aromatic rings. The van der Waals surface area contributed by atoms with Crippen molar-refractivity contribution in [3.63, 3.8) is 0 Å². The van der Waals surface area contributed by atoms with Crippen LogP contribution in [-0.4, -0.2) is 13.7 Å². The van der Waals surface area contributed by atoms with E-state index in [0.717, 1.165) is 16.7 Å². The summed E-state index contributed by atoms with van der Waals surface area (Å²) in [5, 5.41) is 3.11. The molecule has 0 fully saturated rings. The minimum Gasteiger partial charge on any atom is -0.435 e. The van der Waals surface area contributed by atoms with Crippen LogP contribution in [0.15, 0.2) is 42.5 Å². The Bertz CT molecular complexity index is 599. The highest BCUT2D eigenvalue weighted by Crippen LogP contribution is 2.27. The second kappa shape index (κ2) is 6.63. The van der Waals surface area contributed by atoms with Crippen molar-refractivity contribution in [1.29, 1.82) is 0 Å². The highest BCUT2D eigenvalue weighted by Gasteiger charge is 2.15. The number of ether oxygens (including phenoxy) is 1. The van der Waals surface area contributed by atoms with Crippen LogP contribution in [0.4, 0.5) is 13.2 Å². The Kier molecular flexibility index (Phi) is 4.85. The van der Waals surface area contributed by atoms with Gasteiger partial charge in [0.15, 0.2) is 0 Å². The lowest BCUT2D eigenvalue weighted by molar-refractivity contribution is -0.0498. The van der Waals surface area contributed by atoms with Crippen LogP contribution in [0.3, 0.4) is 0 Å². The van der Waals surface area contributed by atoms with Gasteiger partial charge in [-0.2, -0.15) is 8.78 Å². The molecule has 0 radical (unpaired) electrons. The fourth-order valence-electron chi connectivity index (χ4n) is 2.27. The molecule has 2 nitrogen and oxygen atoms in total. The molecule has 0 aliphatic carbocycles. The number of hydrogen-bond acceptors (Lipinski definition) is 2. The molecule has 5 heteroatoms. The third-order valence-electron chi connectivity index (χ3n) is 3.28. The second-order valence-electron chi connectivity index (χ2n) is 4.67. The van der Waals surface area contributed by atoms with Crippen molar-refractivity contribution in [3.05, 3.63) is 65.0 Å². The molecular weight excluding hydrogens is 279 g/mol. The van der Waals surface area contributed by atoms with Crippen LogP contribution in [0.5, 0.6) is 5.75 Å². The Balaban J connectivity index is 2.31. The third-order valence-corrected chi connectivity index (χ3v) is 3.28. The molecule has 21 heavy (non-hydrogen) atoms. The predicted molar refractivity (Wildman–Crippen MR) is 75.1 cm³/mol. The molecule has 0 spiro atoms. The van der Waals surface area contributed by atoms with Gasteiger partial charge >= 0.3 is 6.61 Å². The summed E-state index contributed by atoms with van der Waals surface area (Å²) in [7, 11) is 1.76. The first-order valence-electron chi connectivity index (χ1n) is 6.49. The van der Waals surface area contributed by atoms with E-state index in [-0.39, 0.29) is 17.6 Å². The van der Waals surface area contributed by atoms with Crippen LogP contribution < -0.4 is 10.1 Å². The summed E-state index contributed by atoms with van der Waals surface area (Å²) in [4.78, 5) is 0. The smallest absolute Gasteiger partial charge is 0.387 e. The lowest BCUT2D eigenvalue weighted by atomic mass is 9.95. The van der Waals surface area contributed by atoms with Crippen LogP contribution in [0, 0.1) is 12.7 Å². The van der Waals surface area contributed by atoms with E-state index in [1.165, 1.54) is 24.3 Å². The van der Waals surface area contributed by atoms with Crippen LogP contribution in [-0.2, 0) is 0 Å². The molecule has 1 unspecified atom stereocenters. The summed E-state index contributed by atoms with van der Waals surface area (Å²) in [6.45, 7) is -0.950. The van der Waals surface area contributed by atoms with E-state index in [2.05, 4.69) is 10.1 Å². The average Bonchev–Trinajstić information content (AvgIpc) is 2.44. The van der Waals surface area contributed by atoms with E-state index in [1.54, 1.807) is 25.2 Å². The summed E-state index contributed by atoms with van der Waals surface area (Å²) in [6, 6.07) is 10.7. The number of benzene rings is 2. The van der Waals surface area contributed by atoms with Crippen LogP contribution in [0.2, 0.25) is 0 Å². The number of nitrogens with one attached hydrogen (secondary N) is 1. The fraction of sp³-hybridized carbons (Fsp3) is 0.250. The molecular formula is C16H16F3NO. The van der Waals surface area contributed by atoms with Gasteiger partial charge in [0.05, 0.1) is 6.04 Å². The van der Waals surface area contributed by atoms with E-state index < -0.39 is 6.61 Å². The lowest BCUT2D eigenvalue weighted by Crippen LogP contribution is -2.19. The van der Waals surface area contributed by atoms with Crippen molar-refractivity contribution in [2.24, 2.45) is 0 Å². The molecule has 0 saturated heterocycles. The number of hydrogen-bond donors (Lipinski definition) is 1. The van der Waals surface area contributed by atoms with Crippen molar-refractivity contribution in [3.8, 4) is 5.75 Å². The average molecular weight is 295 g/mol. The maximum atomic E-state index is 13.4. The fourth-order valence-corrected chi connectivity index (χ4v) is 2.27. The summed E-state index contributed by atoms with van der Waals surface area (Å²) in [5.41, 5.74) is 2.59. The molecule has 0 heterocycles. The van der Waals surface area contributed by atoms with Gasteiger partial charge in [0.2, 0.25) is 0 Å². The van der Waals surface area contributed by atoms with Gasteiger partial charge in [-0.1, -0.05) is 18.2 Å². The molecule has 0 saturated carbocycles. The zero-order chi connectivity index (χ0) is 15.4. The van der Waals surface area contributed by atoms with Gasteiger partial charge in [-0.25, -0.2) is 4.39 Å². The SMILES string of the molecule is CNC(c1ccc(OC(F)F)cc1)c1cc(F)ccc1C. The van der Waals surface area contributed by atoms with Gasteiger partial charge in [0, 0.05) is 0 Å². The van der Waals surface area contributed by atoms with Crippen LogP contribution in [0.25, 0.3) is 0 Å². The van der Waals surface area contributed by atoms with Gasteiger partial charge in [-0.05, 0) is 54.9 Å². The molecule has 2 rings (SSSR count). The minimum absolute atomic E-state index is 0.0968. The number of alkyl halides is 2. The highest BCUT2D eigenvalue weighted by molar-refractivity contribution is 5.39. The Morgan fingerprint density at radius 2 is 1.71 bits per heavy atom. The van der Waals surface area contributed by atoms with E-state index in [9.17, 15) is 13.2 Å². The normalized spacial score (nSPS) is 12.5. The maximum Gasteiger partial charge on any atom is 0.387 e. The zero-order valence-electron chi connectivity index (χ0n) is 11.7. The van der Waals surface area contributed by atoms with Crippen molar-refractivity contribution >= 4 is 0 Å². The molecule has 0 aliphatic heterocycles.